The summed E-state index contributed by atoms with van der Waals surface area (Å²) in [5.41, 5.74) is 2.68. The molecule has 0 spiro atoms. The van der Waals surface area contributed by atoms with E-state index in [4.69, 9.17) is 11.6 Å². The van der Waals surface area contributed by atoms with Crippen molar-refractivity contribution in [3.05, 3.63) is 59.1 Å². The van der Waals surface area contributed by atoms with Crippen molar-refractivity contribution in [1.29, 1.82) is 5.26 Å². The van der Waals surface area contributed by atoms with E-state index in [1.807, 2.05) is 34.8 Å². The van der Waals surface area contributed by atoms with Crippen molar-refractivity contribution in [3.8, 4) is 6.07 Å². The zero-order valence-electron chi connectivity index (χ0n) is 13.8. The van der Waals surface area contributed by atoms with Crippen LogP contribution < -0.4 is 28.5 Å². The van der Waals surface area contributed by atoms with E-state index in [-0.39, 0.29) is 30.0 Å². The summed E-state index contributed by atoms with van der Waals surface area (Å²) in [4.78, 5) is 14.3. The fourth-order valence-corrected chi connectivity index (χ4v) is 3.03. The molecule has 2 aromatic rings. The molecule has 0 atom stereocenters. The van der Waals surface area contributed by atoms with Crippen LogP contribution in [-0.4, -0.2) is 28.6 Å². The first-order valence-electron chi connectivity index (χ1n) is 7.79. The molecule has 2 heterocycles. The third-order valence-electron chi connectivity index (χ3n) is 4.23. The van der Waals surface area contributed by atoms with Gasteiger partial charge in [-0.1, -0.05) is 23.7 Å². The SMILES string of the molecule is C[n+]1ccn(C(=O)N2CCC(=C(C#N)c3ccc(Cl)cc3)CC2)c1.[I-]. The summed E-state index contributed by atoms with van der Waals surface area (Å²) in [6.07, 6.45) is 6.76. The Balaban J connectivity index is 0.00000225. The summed E-state index contributed by atoms with van der Waals surface area (Å²) in [5.74, 6) is 0. The Morgan fingerprint density at radius 3 is 2.40 bits per heavy atom. The van der Waals surface area contributed by atoms with Crippen LogP contribution in [0.25, 0.3) is 5.57 Å². The number of hydrogen-bond acceptors (Lipinski definition) is 2. The van der Waals surface area contributed by atoms with Gasteiger partial charge in [0, 0.05) is 18.1 Å². The first kappa shape index (κ1) is 19.5. The van der Waals surface area contributed by atoms with Crippen LogP contribution >= 0.6 is 11.6 Å². The lowest BCUT2D eigenvalue weighted by Gasteiger charge is -2.27. The average molecular weight is 469 g/mol. The fraction of sp³-hybridized carbons (Fsp3) is 0.278. The summed E-state index contributed by atoms with van der Waals surface area (Å²) in [5, 5.41) is 10.2. The Kier molecular flexibility index (Phi) is 6.62. The summed E-state index contributed by atoms with van der Waals surface area (Å²) in [7, 11) is 1.88. The van der Waals surface area contributed by atoms with Gasteiger partial charge in [0.25, 0.3) is 6.33 Å². The van der Waals surface area contributed by atoms with Crippen molar-refractivity contribution in [2.45, 2.75) is 12.8 Å². The number of aryl methyl sites for hydroxylation is 1. The molecular formula is C18H18ClIN4O. The van der Waals surface area contributed by atoms with Crippen LogP contribution in [0.1, 0.15) is 18.4 Å². The van der Waals surface area contributed by atoms with Crippen molar-refractivity contribution in [3.63, 3.8) is 0 Å². The van der Waals surface area contributed by atoms with Crippen LogP contribution in [0.2, 0.25) is 5.02 Å². The van der Waals surface area contributed by atoms with Crippen LogP contribution in [0.15, 0.2) is 48.6 Å². The number of hydrogen-bond donors (Lipinski definition) is 0. The molecular weight excluding hydrogens is 451 g/mol. The molecule has 0 radical (unpaired) electrons. The maximum Gasteiger partial charge on any atom is 0.415 e. The van der Waals surface area contributed by atoms with Crippen LogP contribution in [0.3, 0.4) is 0 Å². The van der Waals surface area contributed by atoms with Crippen LogP contribution in [0.5, 0.6) is 0 Å². The third-order valence-corrected chi connectivity index (χ3v) is 4.48. The van der Waals surface area contributed by atoms with Gasteiger partial charge in [-0.25, -0.2) is 9.36 Å². The van der Waals surface area contributed by atoms with Gasteiger partial charge in [-0.05, 0) is 36.1 Å². The van der Waals surface area contributed by atoms with Gasteiger partial charge in [-0.3, -0.25) is 0 Å². The van der Waals surface area contributed by atoms with Gasteiger partial charge in [0.15, 0.2) is 0 Å². The molecule has 3 rings (SSSR count). The lowest BCUT2D eigenvalue weighted by molar-refractivity contribution is -0.670. The van der Waals surface area contributed by atoms with E-state index < -0.39 is 0 Å². The maximum atomic E-state index is 12.4. The van der Waals surface area contributed by atoms with Crippen LogP contribution in [0.4, 0.5) is 4.79 Å². The molecule has 0 bridgehead atoms. The summed E-state index contributed by atoms with van der Waals surface area (Å²) in [6.45, 7) is 1.24. The Bertz CT molecular complexity index is 826. The number of carbonyl (C=O) groups excluding carboxylic acids is 1. The first-order valence-corrected chi connectivity index (χ1v) is 8.17. The number of allylic oxidation sites excluding steroid dienone is 1. The normalized spacial score (nSPS) is 13.8. The number of aromatic nitrogens is 2. The van der Waals surface area contributed by atoms with Gasteiger partial charge in [-0.15, -0.1) is 0 Å². The number of benzene rings is 1. The Morgan fingerprint density at radius 1 is 1.24 bits per heavy atom. The predicted molar refractivity (Wildman–Crippen MR) is 91.2 cm³/mol. The zero-order chi connectivity index (χ0) is 17.1. The van der Waals surface area contributed by atoms with Gasteiger partial charge in [-0.2, -0.15) is 9.83 Å². The second-order valence-corrected chi connectivity index (χ2v) is 6.29. The fourth-order valence-electron chi connectivity index (χ4n) is 2.91. The second-order valence-electron chi connectivity index (χ2n) is 5.85. The molecule has 7 heteroatoms. The topological polar surface area (TPSA) is 52.9 Å². The Hall–Kier alpha value is -1.85. The van der Waals surface area contributed by atoms with Crippen molar-refractivity contribution >= 4 is 23.2 Å². The number of piperidine rings is 1. The highest BCUT2D eigenvalue weighted by molar-refractivity contribution is 6.30. The van der Waals surface area contributed by atoms with E-state index in [0.717, 1.165) is 11.1 Å². The van der Waals surface area contributed by atoms with E-state index >= 15 is 0 Å². The molecule has 1 aliphatic rings. The summed E-state index contributed by atoms with van der Waals surface area (Å²) >= 11 is 5.91. The van der Waals surface area contributed by atoms with Crippen molar-refractivity contribution in [2.75, 3.05) is 13.1 Å². The van der Waals surface area contributed by atoms with Crippen LogP contribution in [0, 0.1) is 11.3 Å². The Morgan fingerprint density at radius 2 is 1.88 bits per heavy atom. The number of nitrogens with zero attached hydrogens (tertiary/aromatic N) is 4. The molecule has 0 unspecified atom stereocenters. The molecule has 130 valence electrons. The quantitative estimate of drug-likeness (QED) is 0.336. The average Bonchev–Trinajstić information content (AvgIpc) is 3.04. The molecule has 1 fully saturated rings. The van der Waals surface area contributed by atoms with Gasteiger partial charge >= 0.3 is 6.03 Å². The highest BCUT2D eigenvalue weighted by Crippen LogP contribution is 2.27. The minimum atomic E-state index is -0.0281. The molecule has 0 saturated carbocycles. The number of halogens is 2. The highest BCUT2D eigenvalue weighted by Gasteiger charge is 2.25. The zero-order valence-corrected chi connectivity index (χ0v) is 16.7. The molecule has 1 aromatic heterocycles. The molecule has 1 saturated heterocycles. The monoisotopic (exact) mass is 468 g/mol. The maximum absolute atomic E-state index is 12.4. The minimum Gasteiger partial charge on any atom is -1.00 e. The van der Waals surface area contributed by atoms with Gasteiger partial charge in [0.1, 0.15) is 12.4 Å². The third kappa shape index (κ3) is 4.41. The molecule has 0 aliphatic carbocycles. The van der Waals surface area contributed by atoms with E-state index in [9.17, 15) is 10.1 Å². The largest absolute Gasteiger partial charge is 1.00 e. The molecule has 0 N–H and O–H groups in total. The van der Waals surface area contributed by atoms with Crippen LogP contribution in [-0.2, 0) is 7.05 Å². The first-order chi connectivity index (χ1) is 11.6. The second kappa shape index (κ2) is 8.50. The standard InChI is InChI=1S/C18H18ClN4O.HI/c1-21-10-11-23(13-21)18(24)22-8-6-15(7-9-22)17(12-20)14-2-4-16(19)5-3-14;/h2-5,10-11,13H,6-9H2,1H3;1H/q+1;/p-1. The molecule has 1 aromatic carbocycles. The van der Waals surface area contributed by atoms with E-state index in [1.165, 1.54) is 0 Å². The van der Waals surface area contributed by atoms with Gasteiger partial charge < -0.3 is 28.9 Å². The smallest absolute Gasteiger partial charge is 0.415 e. The summed E-state index contributed by atoms with van der Waals surface area (Å²) < 4.78 is 3.42. The van der Waals surface area contributed by atoms with E-state index in [1.54, 1.807) is 29.2 Å². The number of carbonyl (C=O) groups is 1. The molecule has 1 aliphatic heterocycles. The number of likely N-dealkylation sites (tertiary alicyclic amines) is 1. The highest BCUT2D eigenvalue weighted by atomic mass is 127. The van der Waals surface area contributed by atoms with Gasteiger partial charge in [0.05, 0.1) is 18.7 Å². The van der Waals surface area contributed by atoms with Crippen molar-refractivity contribution in [2.24, 2.45) is 7.05 Å². The number of amides is 1. The Labute approximate surface area is 169 Å². The summed E-state index contributed by atoms with van der Waals surface area (Å²) in [6, 6.07) is 9.60. The predicted octanol–water partition coefficient (Wildman–Crippen LogP) is 0.0113. The number of nitriles is 1. The minimum absolute atomic E-state index is 0. The number of rotatable bonds is 1. The lowest BCUT2D eigenvalue weighted by atomic mass is 9.94. The number of imidazole rings is 1. The lowest BCUT2D eigenvalue weighted by Crippen LogP contribution is -3.00. The van der Waals surface area contributed by atoms with Crippen molar-refractivity contribution in [1.82, 2.24) is 9.47 Å². The molecule has 5 nitrogen and oxygen atoms in total. The van der Waals surface area contributed by atoms with Crippen molar-refractivity contribution < 1.29 is 33.3 Å². The van der Waals surface area contributed by atoms with E-state index in [2.05, 4.69) is 6.07 Å². The van der Waals surface area contributed by atoms with E-state index in [0.29, 0.717) is 36.5 Å². The molecule has 1 amide bonds. The molecule has 25 heavy (non-hydrogen) atoms. The van der Waals surface area contributed by atoms with Gasteiger partial charge in [0.2, 0.25) is 0 Å².